The summed E-state index contributed by atoms with van der Waals surface area (Å²) in [5, 5.41) is 54.3. The first-order valence-electron chi connectivity index (χ1n) is 38.5. The number of esters is 1. The fourth-order valence-corrected chi connectivity index (χ4v) is 17.1. The molecule has 0 spiro atoms. The van der Waals surface area contributed by atoms with Gasteiger partial charge in [-0.2, -0.15) is 0 Å². The van der Waals surface area contributed by atoms with Crippen molar-refractivity contribution in [3.8, 4) is 0 Å². The van der Waals surface area contributed by atoms with Crippen LogP contribution in [0.15, 0.2) is 53.5 Å². The quantitative estimate of drug-likeness (QED) is 0.00456. The molecule has 5 amide bonds. The third-order valence-electron chi connectivity index (χ3n) is 21.4. The van der Waals surface area contributed by atoms with Crippen molar-refractivity contribution in [1.82, 2.24) is 66.5 Å². The number of nitrogens with zero attached hydrogens (tertiary/aromatic N) is 5. The van der Waals surface area contributed by atoms with Gasteiger partial charge in [-0.15, -0.1) is 0 Å². The summed E-state index contributed by atoms with van der Waals surface area (Å²) in [6.45, 7) is 12.8. The second kappa shape index (κ2) is 39.9. The molecule has 1 aliphatic carbocycles. The molecule has 5 aromatic heterocycles. The molecule has 6 aromatic rings. The smallest absolute Gasteiger partial charge is 0.407 e. The number of amides is 5. The Morgan fingerprint density at radius 2 is 1.40 bits per heavy atom. The molecule has 8 heterocycles. The number of unbranched alkanes of at least 4 members (excludes halogenated alkanes) is 1. The third-order valence-corrected chi connectivity index (χ3v) is 23.8. The summed E-state index contributed by atoms with van der Waals surface area (Å²) >= 11 is 0. The zero-order chi connectivity index (χ0) is 83.9. The summed E-state index contributed by atoms with van der Waals surface area (Å²) in [7, 11) is 3.45. The first-order valence-corrected chi connectivity index (χ1v) is 40.9. The number of methoxy groups -OCH3 is 1. The van der Waals surface area contributed by atoms with Gasteiger partial charge in [-0.25, -0.2) is 19.7 Å². The van der Waals surface area contributed by atoms with Crippen LogP contribution in [0, 0.1) is 20.8 Å². The van der Waals surface area contributed by atoms with Gasteiger partial charge in [-0.05, 0) is 108 Å². The van der Waals surface area contributed by atoms with Crippen LogP contribution in [0.3, 0.4) is 0 Å². The molecule has 13 atom stereocenters. The van der Waals surface area contributed by atoms with E-state index in [4.69, 9.17) is 28.9 Å². The first kappa shape index (κ1) is 87.9. The van der Waals surface area contributed by atoms with Gasteiger partial charge >= 0.3 is 12.1 Å². The van der Waals surface area contributed by atoms with Crippen LogP contribution < -0.4 is 32.1 Å². The van der Waals surface area contributed by atoms with E-state index in [-0.39, 0.29) is 120 Å². The normalized spacial score (nSPS) is 20.2. The van der Waals surface area contributed by atoms with Crippen molar-refractivity contribution in [2.45, 2.75) is 211 Å². The Labute approximate surface area is 673 Å². The van der Waals surface area contributed by atoms with Crippen LogP contribution in [0.1, 0.15) is 216 Å². The zero-order valence-electron chi connectivity index (χ0n) is 65.7. The van der Waals surface area contributed by atoms with Crippen molar-refractivity contribution in [3.63, 3.8) is 0 Å². The van der Waals surface area contributed by atoms with Gasteiger partial charge < -0.3 is 80.9 Å². The Hall–Kier alpha value is -10.5. The number of aromatic nitrogens is 8. The molecule has 116 heavy (non-hydrogen) atoms. The topological polar surface area (TPSA) is 512 Å². The number of benzene rings is 1. The van der Waals surface area contributed by atoms with Gasteiger partial charge in [-0.1, -0.05) is 66.6 Å². The Kier molecular flexibility index (Phi) is 30.2. The summed E-state index contributed by atoms with van der Waals surface area (Å²) in [4.78, 5) is 208. The number of aliphatic hydroxyl groups is 4. The van der Waals surface area contributed by atoms with E-state index in [1.165, 1.54) is 6.92 Å². The lowest BCUT2D eigenvalue weighted by atomic mass is 9.83. The molecule has 1 saturated heterocycles. The van der Waals surface area contributed by atoms with Crippen molar-refractivity contribution in [2.75, 3.05) is 44.9 Å². The second-order valence-corrected chi connectivity index (χ2v) is 31.9. The van der Waals surface area contributed by atoms with Crippen molar-refractivity contribution >= 4 is 126 Å². The predicted octanol–water partition coefficient (Wildman–Crippen LogP) is 5.09. The van der Waals surface area contributed by atoms with Crippen molar-refractivity contribution in [2.24, 2.45) is 0 Å². The number of ketones is 5. The maximum absolute atomic E-state index is 14.7. The number of carbonyl (C=O) groups excluding carboxylic acids is 12. The van der Waals surface area contributed by atoms with E-state index in [9.17, 15) is 82.8 Å². The molecule has 12 N–H and O–H groups in total. The number of aliphatic hydroxyl groups excluding tert-OH is 4. The molecular formula is C80H97N13O21S2. The minimum atomic E-state index is -1.96. The van der Waals surface area contributed by atoms with Gasteiger partial charge in [0.25, 0.3) is 12.0 Å². The number of rotatable bonds is 38. The third kappa shape index (κ3) is 21.0. The molecule has 8 bridgehead atoms. The van der Waals surface area contributed by atoms with Crippen molar-refractivity contribution in [1.29, 1.82) is 0 Å². The molecule has 36 heteroatoms. The number of H-pyrrole nitrogens is 3. The van der Waals surface area contributed by atoms with Gasteiger partial charge in [0.2, 0.25) is 23.6 Å². The minimum absolute atomic E-state index is 0.0239. The SMILES string of the molecule is CCNC(=O)C[C@H](NC(=O)CCCCC(=O)c1ccc(CCc2cnc3nc(C)[nH]c(=O)c3n2)cc1)C(=O)C[C@@H](CSSCCOC(=O)NCC(=O)C(CC(=O)NC1C(O)OC(CO)C(O)C1O)NC(=O)CC[C@@H]1c2nc(cc3[nH]c(cc4nc(cc5[nH]c6c(c5C)C(=O)C(C(=O)OC)c26)[C@H](CC)[C@H]4C)c(C(C)=O)c3C)[C@H]1C)OC=O. The number of carbonyl (C=O) groups is 12. The Bertz CT molecular complexity index is 4990. The Morgan fingerprint density at radius 3 is 2.09 bits per heavy atom. The highest BCUT2D eigenvalue weighted by Gasteiger charge is 2.47. The number of ether oxygens (including phenoxy) is 4. The van der Waals surface area contributed by atoms with E-state index in [2.05, 4.69) is 63.4 Å². The summed E-state index contributed by atoms with van der Waals surface area (Å²) in [5.74, 6) is -8.49. The lowest BCUT2D eigenvalue weighted by Crippen LogP contribution is -2.64. The molecule has 4 aliphatic rings. The molecule has 620 valence electrons. The molecule has 10 rings (SSSR count). The highest BCUT2D eigenvalue weighted by Crippen LogP contribution is 2.49. The maximum atomic E-state index is 14.7. The van der Waals surface area contributed by atoms with Crippen LogP contribution in [0.2, 0.25) is 0 Å². The van der Waals surface area contributed by atoms with Crippen molar-refractivity contribution in [3.05, 3.63) is 132 Å². The van der Waals surface area contributed by atoms with Gasteiger partial charge in [0, 0.05) is 118 Å². The van der Waals surface area contributed by atoms with E-state index in [1.807, 2.05) is 38.1 Å². The molecule has 7 unspecified atom stereocenters. The van der Waals surface area contributed by atoms with Crippen LogP contribution in [0.4, 0.5) is 4.79 Å². The van der Waals surface area contributed by atoms with Crippen LogP contribution in [-0.4, -0.2) is 225 Å². The molecule has 34 nitrogen and oxygen atoms in total. The van der Waals surface area contributed by atoms with E-state index < -0.39 is 152 Å². The first-order chi connectivity index (χ1) is 55.4. The predicted molar refractivity (Wildman–Crippen MR) is 424 cm³/mol. The van der Waals surface area contributed by atoms with E-state index in [0.29, 0.717) is 87.2 Å². The number of alkyl carbamates (subject to hydrolysis) is 1. The maximum Gasteiger partial charge on any atom is 0.407 e. The van der Waals surface area contributed by atoms with E-state index in [1.54, 1.807) is 52.1 Å². The van der Waals surface area contributed by atoms with Gasteiger partial charge in [-0.3, -0.25) is 67.5 Å². The molecule has 1 aromatic carbocycles. The largest absolute Gasteiger partial charge is 0.468 e. The molecule has 1 fully saturated rings. The highest BCUT2D eigenvalue weighted by atomic mass is 33.1. The number of nitrogens with one attached hydrogen (secondary N) is 8. The van der Waals surface area contributed by atoms with Gasteiger partial charge in [0.1, 0.15) is 48.8 Å². The molecule has 0 radical (unpaired) electrons. The number of aromatic amines is 3. The summed E-state index contributed by atoms with van der Waals surface area (Å²) in [6.07, 6.45) is -7.25. The standard InChI is InChI=1S/C80H97N13O21S2/c1-10-47-37(3)49-29-56-65(41(7)96)39(5)51(88-56)27-50-38(4)48(69(91-50)67-68(78(108)111-9)74(105)66-40(6)52(92-70(66)67)28-53(47)87-49)22-23-62(101)90-55(31-64(103)93-71-75(106)73(104)60(34-94)114-79(71)109)59(99)33-83-80(110)112-24-25-115-116-35-46(113-36-95)26-58(98)54(30-63(102)81-11-2)89-61(100)15-13-12-14-57(97)44-19-16-43(17-20-44)18-21-45-32-82-76-72(86-45)77(107)85-42(8)84-76/h16-17,19-20,27-29,32,36-38,46-48,54-55,60,68,71,73,75,79,88,92,94,104,106,109H,10-15,18,21-26,30-31,33-35H2,1-9H3,(H,81,102)(H,83,110)(H,89,100)(H,90,101)(H,93,103)(H,82,84,85,107)/t37-,38+,46+,47-,48+,54+,55?,60?,68?,71?,73?,75?,79?/m1/s1. The number of hydrogen-bond donors (Lipinski definition) is 12. The molecular weight excluding hydrogens is 1540 g/mol. The van der Waals surface area contributed by atoms with Crippen LogP contribution in [0.5, 0.6) is 0 Å². The number of Topliss-reactive ketones (excluding diaryl/α,β-unsaturated/α-hetero) is 5. The minimum Gasteiger partial charge on any atom is -0.468 e. The fourth-order valence-electron chi connectivity index (χ4n) is 15.1. The second-order valence-electron chi connectivity index (χ2n) is 29.2. The number of fused-ring (bicyclic) bond motifs is 9. The summed E-state index contributed by atoms with van der Waals surface area (Å²) in [6, 6.07) is 7.91. The fraction of sp³-hybridized carbons (Fsp3) is 0.500. The average Bonchev–Trinajstić information content (AvgIpc) is 1.56. The van der Waals surface area contributed by atoms with E-state index in [0.717, 1.165) is 45.6 Å². The number of hydrogen-bond acceptors (Lipinski definition) is 28. The summed E-state index contributed by atoms with van der Waals surface area (Å²) in [5.41, 5.74) is 8.35. The Balaban J connectivity index is 0.746. The monoisotopic (exact) mass is 1640 g/mol. The summed E-state index contributed by atoms with van der Waals surface area (Å²) < 4.78 is 21.0. The van der Waals surface area contributed by atoms with E-state index >= 15 is 0 Å². The van der Waals surface area contributed by atoms with Crippen LogP contribution >= 0.6 is 21.6 Å². The van der Waals surface area contributed by atoms with Gasteiger partial charge in [0.15, 0.2) is 46.4 Å². The van der Waals surface area contributed by atoms with Crippen LogP contribution in [-0.2, 0) is 70.1 Å². The molecule has 0 saturated carbocycles. The number of aryl methyl sites for hydroxylation is 5. The zero-order valence-corrected chi connectivity index (χ0v) is 67.3. The van der Waals surface area contributed by atoms with Gasteiger partial charge in [0.05, 0.1) is 73.8 Å². The average molecular weight is 1640 g/mol. The van der Waals surface area contributed by atoms with Crippen LogP contribution in [0.25, 0.3) is 33.2 Å². The lowest BCUT2D eigenvalue weighted by molar-refractivity contribution is -0.253. The van der Waals surface area contributed by atoms with Crippen molar-refractivity contribution < 1.29 is 96.9 Å². The Morgan fingerprint density at radius 1 is 0.724 bits per heavy atom. The lowest BCUT2D eigenvalue weighted by Gasteiger charge is -2.40. The highest BCUT2D eigenvalue weighted by molar-refractivity contribution is 8.76. The molecule has 3 aliphatic heterocycles.